The average molecular weight is 235 g/mol. The molecule has 6 heteroatoms. The number of benzene rings is 1. The molecule has 0 bridgehead atoms. The van der Waals surface area contributed by atoms with E-state index in [0.717, 1.165) is 0 Å². The van der Waals surface area contributed by atoms with E-state index < -0.39 is 10.7 Å². The van der Waals surface area contributed by atoms with Gasteiger partial charge >= 0.3 is 5.82 Å². The van der Waals surface area contributed by atoms with E-state index in [1.54, 1.807) is 6.07 Å². The van der Waals surface area contributed by atoms with Gasteiger partial charge in [-0.1, -0.05) is 6.07 Å². The minimum Gasteiger partial charge on any atom is -0.451 e. The maximum absolute atomic E-state index is 12.9. The summed E-state index contributed by atoms with van der Waals surface area (Å²) in [5.41, 5.74) is 0. The van der Waals surface area contributed by atoms with Gasteiger partial charge < -0.3 is 4.74 Å². The lowest BCUT2D eigenvalue weighted by atomic mass is 10.3. The molecule has 0 saturated carbocycles. The summed E-state index contributed by atoms with van der Waals surface area (Å²) in [5, 5.41) is 10.4. The smallest absolute Gasteiger partial charge is 0.451 e. The Bertz CT molecular complexity index is 543. The lowest BCUT2D eigenvalue weighted by Gasteiger charge is -2.02. The van der Waals surface area contributed by atoms with Crippen LogP contribution < -0.4 is 9.72 Å². The Morgan fingerprint density at radius 2 is 2.06 bits per heavy atom. The van der Waals surface area contributed by atoms with Gasteiger partial charge in [-0.15, -0.1) is 4.98 Å². The number of pyridine rings is 1. The first kappa shape index (κ1) is 11.0. The van der Waals surface area contributed by atoms with Gasteiger partial charge in [-0.3, -0.25) is 10.1 Å². The fourth-order valence-electron chi connectivity index (χ4n) is 1.25. The van der Waals surface area contributed by atoms with E-state index >= 15 is 0 Å². The summed E-state index contributed by atoms with van der Waals surface area (Å²) < 4.78 is 18.2. The maximum Gasteiger partial charge on any atom is 0.500 e. The van der Waals surface area contributed by atoms with E-state index in [2.05, 4.69) is 4.98 Å². The van der Waals surface area contributed by atoms with Crippen LogP contribution in [-0.2, 0) is 0 Å². The third-order valence-corrected chi connectivity index (χ3v) is 2.00. The number of nitro groups is 1. The van der Waals surface area contributed by atoms with Crippen molar-refractivity contribution in [2.24, 2.45) is 0 Å². The van der Waals surface area contributed by atoms with Crippen molar-refractivity contribution in [3.8, 4) is 11.5 Å². The Balaban J connectivity index is 2.16. The Morgan fingerprint density at radius 3 is 2.65 bits per heavy atom. The number of aromatic amines is 1. The Morgan fingerprint density at radius 1 is 1.24 bits per heavy atom. The van der Waals surface area contributed by atoms with E-state index in [1.807, 2.05) is 0 Å². The second-order valence-electron chi connectivity index (χ2n) is 3.23. The van der Waals surface area contributed by atoms with Gasteiger partial charge in [-0.2, -0.15) is 0 Å². The monoisotopic (exact) mass is 235 g/mol. The molecule has 0 amide bonds. The van der Waals surface area contributed by atoms with Crippen molar-refractivity contribution in [2.45, 2.75) is 0 Å². The summed E-state index contributed by atoms with van der Waals surface area (Å²) in [6.45, 7) is 0. The largest absolute Gasteiger partial charge is 0.500 e. The van der Waals surface area contributed by atoms with Crippen molar-refractivity contribution in [3.63, 3.8) is 0 Å². The number of hydrogen-bond donors (Lipinski definition) is 0. The van der Waals surface area contributed by atoms with Gasteiger partial charge in [0.1, 0.15) is 16.5 Å². The number of ether oxygens (including phenoxy) is 1. The average Bonchev–Trinajstić information content (AvgIpc) is 2.29. The molecule has 2 rings (SSSR count). The minimum atomic E-state index is -0.550. The van der Waals surface area contributed by atoms with Crippen LogP contribution in [0.15, 0.2) is 42.6 Å². The van der Waals surface area contributed by atoms with Gasteiger partial charge in [0.25, 0.3) is 0 Å². The molecule has 1 N–H and O–H groups in total. The van der Waals surface area contributed by atoms with E-state index in [9.17, 15) is 14.5 Å². The van der Waals surface area contributed by atoms with Gasteiger partial charge in [-0.05, 0) is 12.1 Å². The number of halogens is 1. The number of aromatic nitrogens is 1. The number of nitrogens with one attached hydrogen (secondary N) is 1. The molecule has 86 valence electrons. The quantitative estimate of drug-likeness (QED) is 0.605. The highest BCUT2D eigenvalue weighted by Crippen LogP contribution is 2.20. The van der Waals surface area contributed by atoms with E-state index in [0.29, 0.717) is 11.5 Å². The van der Waals surface area contributed by atoms with Crippen LogP contribution in [0, 0.1) is 15.9 Å². The van der Waals surface area contributed by atoms with Crippen molar-refractivity contribution in [1.82, 2.24) is 0 Å². The second-order valence-corrected chi connectivity index (χ2v) is 3.23. The fraction of sp³-hybridized carbons (Fsp3) is 0. The zero-order chi connectivity index (χ0) is 12.3. The fourth-order valence-corrected chi connectivity index (χ4v) is 1.25. The molecule has 0 spiro atoms. The highest BCUT2D eigenvalue weighted by Gasteiger charge is 2.13. The Labute approximate surface area is 95.6 Å². The number of nitrogens with zero attached hydrogens (tertiary/aromatic N) is 1. The van der Waals surface area contributed by atoms with Crippen LogP contribution in [0.5, 0.6) is 11.5 Å². The third kappa shape index (κ3) is 2.75. The minimum absolute atomic E-state index is 0.142. The molecule has 1 aromatic heterocycles. The molecule has 1 aromatic carbocycles. The molecule has 0 aliphatic carbocycles. The molecular formula is C11H8FN2O3+. The van der Waals surface area contributed by atoms with Gasteiger partial charge in [0.2, 0.25) is 6.20 Å². The highest BCUT2D eigenvalue weighted by atomic mass is 19.1. The summed E-state index contributed by atoms with van der Waals surface area (Å²) in [6.07, 6.45) is 1.34. The molecule has 17 heavy (non-hydrogen) atoms. The van der Waals surface area contributed by atoms with Crippen LogP contribution >= 0.6 is 0 Å². The molecule has 0 fully saturated rings. The SMILES string of the molecule is O=[N+]([O-])c1ccc(Oc2cccc(F)c2)c[nH+]1. The molecule has 0 unspecified atom stereocenters. The lowest BCUT2D eigenvalue weighted by Crippen LogP contribution is -2.08. The highest BCUT2D eigenvalue weighted by molar-refractivity contribution is 5.30. The molecule has 2 aromatic rings. The van der Waals surface area contributed by atoms with Crippen LogP contribution in [0.1, 0.15) is 0 Å². The molecule has 0 atom stereocenters. The van der Waals surface area contributed by atoms with E-state index in [1.165, 1.54) is 36.5 Å². The Hall–Kier alpha value is -2.50. The zero-order valence-electron chi connectivity index (χ0n) is 8.59. The normalized spacial score (nSPS) is 9.94. The van der Waals surface area contributed by atoms with Crippen LogP contribution in [-0.4, -0.2) is 4.92 Å². The van der Waals surface area contributed by atoms with Crippen molar-refractivity contribution < 1.29 is 19.0 Å². The van der Waals surface area contributed by atoms with Gasteiger partial charge in [0, 0.05) is 12.1 Å². The first-order valence-electron chi connectivity index (χ1n) is 4.75. The second kappa shape index (κ2) is 4.56. The summed E-state index contributed by atoms with van der Waals surface area (Å²) in [7, 11) is 0. The van der Waals surface area contributed by atoms with Crippen molar-refractivity contribution >= 4 is 5.82 Å². The number of H-pyrrole nitrogens is 1. The number of rotatable bonds is 3. The number of hydrogen-bond acceptors (Lipinski definition) is 3. The maximum atomic E-state index is 12.9. The first-order valence-corrected chi connectivity index (χ1v) is 4.75. The van der Waals surface area contributed by atoms with Crippen LogP contribution in [0.25, 0.3) is 0 Å². The van der Waals surface area contributed by atoms with E-state index in [4.69, 9.17) is 4.74 Å². The van der Waals surface area contributed by atoms with Gasteiger partial charge in [0.05, 0.1) is 6.07 Å². The molecule has 1 heterocycles. The van der Waals surface area contributed by atoms with Gasteiger partial charge in [0.15, 0.2) is 5.75 Å². The molecule has 0 aliphatic rings. The summed E-state index contributed by atoms with van der Waals surface area (Å²) in [6, 6.07) is 8.33. The van der Waals surface area contributed by atoms with Crippen LogP contribution in [0.3, 0.4) is 0 Å². The molecular weight excluding hydrogens is 227 g/mol. The van der Waals surface area contributed by atoms with Crippen molar-refractivity contribution in [3.05, 3.63) is 58.5 Å². The standard InChI is InChI=1S/C11H7FN2O3/c12-8-2-1-3-9(6-8)17-10-4-5-11(13-7-10)14(15)16/h1-7H/p+1. The van der Waals surface area contributed by atoms with E-state index in [-0.39, 0.29) is 5.82 Å². The summed E-state index contributed by atoms with van der Waals surface area (Å²) in [4.78, 5) is 12.3. The predicted molar refractivity (Wildman–Crippen MR) is 56.1 cm³/mol. The van der Waals surface area contributed by atoms with Crippen LogP contribution in [0.2, 0.25) is 0 Å². The predicted octanol–water partition coefficient (Wildman–Crippen LogP) is 2.34. The van der Waals surface area contributed by atoms with Crippen molar-refractivity contribution in [2.75, 3.05) is 0 Å². The topological polar surface area (TPSA) is 66.5 Å². The lowest BCUT2D eigenvalue weighted by molar-refractivity contribution is -0.527. The summed E-state index contributed by atoms with van der Waals surface area (Å²) in [5.74, 6) is 0.137. The molecule has 0 radical (unpaired) electrons. The van der Waals surface area contributed by atoms with Crippen LogP contribution in [0.4, 0.5) is 10.2 Å². The van der Waals surface area contributed by atoms with Crippen molar-refractivity contribution in [1.29, 1.82) is 0 Å². The summed E-state index contributed by atoms with van der Waals surface area (Å²) >= 11 is 0. The molecule has 5 nitrogen and oxygen atoms in total. The first-order chi connectivity index (χ1) is 8.15. The third-order valence-electron chi connectivity index (χ3n) is 2.00. The molecule has 0 saturated heterocycles. The zero-order valence-corrected chi connectivity index (χ0v) is 8.59. The Kier molecular flexibility index (Phi) is 2.95. The van der Waals surface area contributed by atoms with Gasteiger partial charge in [-0.25, -0.2) is 4.39 Å². The molecule has 0 aliphatic heterocycles.